The van der Waals surface area contributed by atoms with E-state index in [-0.39, 0.29) is 0 Å². The second kappa shape index (κ2) is 12.3. The molecule has 0 spiro atoms. The SMILES string of the molecule is c1ccc(C2(c3ccccc3)c3ccccc3N(c3cc4c(ccc5oc6ccc7ccccc7c6c54)c(-c4ccc5ccccc5c4)n3)c3ccccc32)cc1. The standard InChI is InChI=1S/C54H34N2O/c1-3-18-39(19-4-1)54(40-20-5-2-6-21-40)44-23-11-13-25-46(44)56(47-26-14-12-24-45(47)54)50-34-43-42(53(55-50)38-28-27-35-15-7-8-17-37(35)33-38)30-32-49-52(43)51-41-22-10-9-16-36(41)29-31-48(51)57-49/h1-34H. The number of aromatic nitrogens is 1. The lowest BCUT2D eigenvalue weighted by molar-refractivity contribution is 0.669. The van der Waals surface area contributed by atoms with Crippen LogP contribution in [0, 0.1) is 0 Å². The largest absolute Gasteiger partial charge is 0.456 e. The van der Waals surface area contributed by atoms with Crippen LogP contribution in [0.5, 0.6) is 0 Å². The molecule has 0 amide bonds. The van der Waals surface area contributed by atoms with Crippen LogP contribution in [0.1, 0.15) is 22.3 Å². The summed E-state index contributed by atoms with van der Waals surface area (Å²) < 4.78 is 6.66. The highest BCUT2D eigenvalue weighted by Crippen LogP contribution is 2.58. The number of rotatable bonds is 4. The van der Waals surface area contributed by atoms with E-state index >= 15 is 0 Å². The Hall–Kier alpha value is -7.49. The van der Waals surface area contributed by atoms with Crippen LogP contribution in [-0.4, -0.2) is 4.98 Å². The minimum absolute atomic E-state index is 0.572. The summed E-state index contributed by atoms with van der Waals surface area (Å²) in [5.74, 6) is 0.849. The van der Waals surface area contributed by atoms with Crippen molar-refractivity contribution in [1.82, 2.24) is 4.98 Å². The molecular weight excluding hydrogens is 693 g/mol. The van der Waals surface area contributed by atoms with Gasteiger partial charge < -0.3 is 4.42 Å². The number of anilines is 3. The molecule has 0 radical (unpaired) electrons. The van der Waals surface area contributed by atoms with Gasteiger partial charge >= 0.3 is 0 Å². The highest BCUT2D eigenvalue weighted by molar-refractivity contribution is 6.27. The van der Waals surface area contributed by atoms with Crippen LogP contribution >= 0.6 is 0 Å². The quantitative estimate of drug-likeness (QED) is 0.181. The number of pyridine rings is 1. The monoisotopic (exact) mass is 726 g/mol. The summed E-state index contributed by atoms with van der Waals surface area (Å²) in [7, 11) is 0. The molecule has 3 heterocycles. The molecule has 1 aliphatic heterocycles. The fourth-order valence-electron chi connectivity index (χ4n) is 9.68. The molecule has 3 nitrogen and oxygen atoms in total. The number of para-hydroxylation sites is 2. The lowest BCUT2D eigenvalue weighted by atomic mass is 9.62. The van der Waals surface area contributed by atoms with Gasteiger partial charge in [0.1, 0.15) is 17.0 Å². The minimum Gasteiger partial charge on any atom is -0.456 e. The Morgan fingerprint density at radius 1 is 0.404 bits per heavy atom. The van der Waals surface area contributed by atoms with Gasteiger partial charge in [0, 0.05) is 21.7 Å². The Morgan fingerprint density at radius 3 is 1.65 bits per heavy atom. The van der Waals surface area contributed by atoms with Crippen LogP contribution < -0.4 is 4.90 Å². The molecule has 0 fully saturated rings. The van der Waals surface area contributed by atoms with Gasteiger partial charge in [0.2, 0.25) is 0 Å². The van der Waals surface area contributed by atoms with Gasteiger partial charge in [0.05, 0.1) is 22.5 Å². The van der Waals surface area contributed by atoms with Crippen molar-refractivity contribution in [2.45, 2.75) is 5.41 Å². The number of nitrogens with zero attached hydrogens (tertiary/aromatic N) is 2. The van der Waals surface area contributed by atoms with Crippen molar-refractivity contribution >= 4 is 71.4 Å². The maximum absolute atomic E-state index is 6.66. The Kier molecular flexibility index (Phi) is 6.84. The molecule has 11 aromatic rings. The zero-order valence-electron chi connectivity index (χ0n) is 30.9. The smallest absolute Gasteiger partial charge is 0.138 e. The molecule has 266 valence electrons. The maximum Gasteiger partial charge on any atom is 0.138 e. The van der Waals surface area contributed by atoms with Gasteiger partial charge in [0.25, 0.3) is 0 Å². The number of fused-ring (bicyclic) bond motifs is 10. The number of hydrogen-bond donors (Lipinski definition) is 0. The predicted molar refractivity (Wildman–Crippen MR) is 236 cm³/mol. The average Bonchev–Trinajstić information content (AvgIpc) is 3.68. The van der Waals surface area contributed by atoms with Gasteiger partial charge in [-0.15, -0.1) is 0 Å². The molecule has 3 heteroatoms. The van der Waals surface area contributed by atoms with E-state index in [1.807, 2.05) is 0 Å². The van der Waals surface area contributed by atoms with Gasteiger partial charge in [-0.25, -0.2) is 4.98 Å². The predicted octanol–water partition coefficient (Wildman–Crippen LogP) is 14.3. The molecular formula is C54H34N2O. The first-order valence-electron chi connectivity index (χ1n) is 19.5. The zero-order valence-corrected chi connectivity index (χ0v) is 30.9. The van der Waals surface area contributed by atoms with E-state index in [4.69, 9.17) is 9.40 Å². The van der Waals surface area contributed by atoms with Crippen molar-refractivity contribution in [2.75, 3.05) is 4.90 Å². The first-order valence-corrected chi connectivity index (χ1v) is 19.5. The second-order valence-electron chi connectivity index (χ2n) is 15.0. The van der Waals surface area contributed by atoms with Gasteiger partial charge in [-0.3, -0.25) is 4.90 Å². The summed E-state index contributed by atoms with van der Waals surface area (Å²) in [6, 6.07) is 74.4. The third kappa shape index (κ3) is 4.57. The summed E-state index contributed by atoms with van der Waals surface area (Å²) in [4.78, 5) is 8.11. The summed E-state index contributed by atoms with van der Waals surface area (Å²) in [5.41, 5.74) is 10.2. The van der Waals surface area contributed by atoms with E-state index in [1.54, 1.807) is 0 Å². The Balaban J connectivity index is 1.22. The Morgan fingerprint density at radius 2 is 0.947 bits per heavy atom. The third-order valence-electron chi connectivity index (χ3n) is 12.1. The van der Waals surface area contributed by atoms with Crippen molar-refractivity contribution < 1.29 is 4.42 Å². The van der Waals surface area contributed by atoms with Crippen LogP contribution in [0.4, 0.5) is 17.2 Å². The van der Waals surface area contributed by atoms with E-state index in [9.17, 15) is 0 Å². The number of benzene rings is 9. The van der Waals surface area contributed by atoms with Crippen molar-refractivity contribution in [3.05, 3.63) is 229 Å². The number of hydrogen-bond acceptors (Lipinski definition) is 3. The first kappa shape index (κ1) is 31.8. The molecule has 12 rings (SSSR count). The average molecular weight is 727 g/mol. The van der Waals surface area contributed by atoms with Crippen LogP contribution in [0.25, 0.3) is 65.5 Å². The van der Waals surface area contributed by atoms with Crippen LogP contribution in [0.15, 0.2) is 211 Å². The summed E-state index contributed by atoms with van der Waals surface area (Å²) in [6.45, 7) is 0. The molecule has 0 atom stereocenters. The van der Waals surface area contributed by atoms with Crippen molar-refractivity contribution in [3.8, 4) is 11.3 Å². The van der Waals surface area contributed by atoms with Gasteiger partial charge in [0.15, 0.2) is 0 Å². The fraction of sp³-hybridized carbons (Fsp3) is 0.0185. The molecule has 0 saturated carbocycles. The summed E-state index contributed by atoms with van der Waals surface area (Å²) in [5, 5.41) is 9.16. The molecule has 57 heavy (non-hydrogen) atoms. The fourth-order valence-corrected chi connectivity index (χ4v) is 9.68. The molecule has 9 aromatic carbocycles. The Labute approximate surface area is 329 Å². The topological polar surface area (TPSA) is 29.3 Å². The molecule has 2 aromatic heterocycles. The number of furan rings is 1. The summed E-state index contributed by atoms with van der Waals surface area (Å²) in [6.07, 6.45) is 0. The zero-order chi connectivity index (χ0) is 37.5. The van der Waals surface area contributed by atoms with E-state index in [0.29, 0.717) is 0 Å². The van der Waals surface area contributed by atoms with Gasteiger partial charge in [-0.1, -0.05) is 164 Å². The molecule has 0 unspecified atom stereocenters. The highest BCUT2D eigenvalue weighted by Gasteiger charge is 2.46. The lowest BCUT2D eigenvalue weighted by Gasteiger charge is -2.46. The minimum atomic E-state index is -0.572. The van der Waals surface area contributed by atoms with Crippen LogP contribution in [-0.2, 0) is 5.41 Å². The van der Waals surface area contributed by atoms with E-state index in [2.05, 4.69) is 211 Å². The van der Waals surface area contributed by atoms with E-state index < -0.39 is 5.41 Å². The molecule has 0 aliphatic carbocycles. The molecule has 1 aliphatic rings. The first-order chi connectivity index (χ1) is 28.3. The highest BCUT2D eigenvalue weighted by atomic mass is 16.3. The van der Waals surface area contributed by atoms with Crippen LogP contribution in [0.3, 0.4) is 0 Å². The summed E-state index contributed by atoms with van der Waals surface area (Å²) >= 11 is 0. The van der Waals surface area contributed by atoms with Gasteiger partial charge in [-0.2, -0.15) is 0 Å². The van der Waals surface area contributed by atoms with Gasteiger partial charge in [-0.05, 0) is 91.6 Å². The Bertz CT molecular complexity index is 3280. The molecule has 0 saturated heterocycles. The normalized spacial score (nSPS) is 13.4. The van der Waals surface area contributed by atoms with Crippen molar-refractivity contribution in [2.24, 2.45) is 0 Å². The van der Waals surface area contributed by atoms with Crippen molar-refractivity contribution in [3.63, 3.8) is 0 Å². The molecule has 0 bridgehead atoms. The van der Waals surface area contributed by atoms with Crippen LogP contribution in [0.2, 0.25) is 0 Å². The van der Waals surface area contributed by atoms with E-state index in [0.717, 1.165) is 61.2 Å². The lowest BCUT2D eigenvalue weighted by Crippen LogP contribution is -2.37. The third-order valence-corrected chi connectivity index (χ3v) is 12.1. The van der Waals surface area contributed by atoms with E-state index in [1.165, 1.54) is 43.8 Å². The second-order valence-corrected chi connectivity index (χ2v) is 15.0. The van der Waals surface area contributed by atoms with Crippen molar-refractivity contribution in [1.29, 1.82) is 0 Å². The molecule has 0 N–H and O–H groups in total. The maximum atomic E-state index is 6.66.